The molecule has 2 aromatic rings. The van der Waals surface area contributed by atoms with E-state index in [0.29, 0.717) is 17.2 Å². The van der Waals surface area contributed by atoms with Crippen molar-refractivity contribution in [3.63, 3.8) is 0 Å². The van der Waals surface area contributed by atoms with E-state index >= 15 is 0 Å². The molecule has 1 aromatic heterocycles. The molecule has 2 rings (SSSR count). The highest BCUT2D eigenvalue weighted by molar-refractivity contribution is 7.08. The number of carbonyl (C=O) groups is 1. The predicted molar refractivity (Wildman–Crippen MR) is 75.2 cm³/mol. The molecule has 0 spiro atoms. The van der Waals surface area contributed by atoms with Crippen LogP contribution >= 0.6 is 11.5 Å². The largest absolute Gasteiger partial charge is 0.461 e. The summed E-state index contributed by atoms with van der Waals surface area (Å²) >= 11 is 1.08. The lowest BCUT2D eigenvalue weighted by atomic mass is 10.1. The molecule has 0 saturated carbocycles. The highest BCUT2D eigenvalue weighted by Gasteiger charge is 2.18. The second-order valence-corrected chi connectivity index (χ2v) is 4.91. The van der Waals surface area contributed by atoms with Gasteiger partial charge in [0.15, 0.2) is 4.88 Å². The van der Waals surface area contributed by atoms with Gasteiger partial charge in [-0.2, -0.15) is 0 Å². The summed E-state index contributed by atoms with van der Waals surface area (Å²) in [7, 11) is 0. The number of benzene rings is 1. The molecule has 0 fully saturated rings. The molecule has 0 aliphatic rings. The predicted octanol–water partition coefficient (Wildman–Crippen LogP) is 3.55. The molecule has 0 amide bonds. The minimum atomic E-state index is -0.329. The average molecular weight is 276 g/mol. The number of unbranched alkanes of at least 4 members (excludes halogenated alkanes) is 2. The van der Waals surface area contributed by atoms with E-state index < -0.39 is 0 Å². The Morgan fingerprint density at radius 1 is 1.26 bits per heavy atom. The Morgan fingerprint density at radius 3 is 2.79 bits per heavy atom. The molecule has 0 atom stereocenters. The third-order valence-corrected chi connectivity index (χ3v) is 3.41. The average Bonchev–Trinajstić information content (AvgIpc) is 2.94. The van der Waals surface area contributed by atoms with Gasteiger partial charge in [-0.3, -0.25) is 0 Å². The molecule has 0 radical (unpaired) electrons. The minimum Gasteiger partial charge on any atom is -0.461 e. The van der Waals surface area contributed by atoms with E-state index in [4.69, 9.17) is 4.74 Å². The van der Waals surface area contributed by atoms with Gasteiger partial charge in [0.25, 0.3) is 0 Å². The summed E-state index contributed by atoms with van der Waals surface area (Å²) in [4.78, 5) is 12.4. The van der Waals surface area contributed by atoms with E-state index in [2.05, 4.69) is 16.5 Å². The summed E-state index contributed by atoms with van der Waals surface area (Å²) in [5.74, 6) is -0.329. The zero-order chi connectivity index (χ0) is 13.5. The third-order valence-electron chi connectivity index (χ3n) is 2.70. The van der Waals surface area contributed by atoms with Gasteiger partial charge in [0.1, 0.15) is 5.69 Å². The number of hydrogen-bond donors (Lipinski definition) is 0. The molecule has 4 nitrogen and oxygen atoms in total. The first-order valence-electron chi connectivity index (χ1n) is 6.38. The first kappa shape index (κ1) is 13.7. The van der Waals surface area contributed by atoms with Gasteiger partial charge in [0, 0.05) is 5.56 Å². The highest BCUT2D eigenvalue weighted by atomic mass is 32.1. The number of carbonyl (C=O) groups excluding carboxylic acids is 1. The molecule has 19 heavy (non-hydrogen) atoms. The maximum Gasteiger partial charge on any atom is 0.352 e. The minimum absolute atomic E-state index is 0.329. The maximum absolute atomic E-state index is 12.0. The molecule has 0 saturated heterocycles. The fraction of sp³-hybridized carbons (Fsp3) is 0.357. The molecule has 1 heterocycles. The zero-order valence-corrected chi connectivity index (χ0v) is 11.7. The summed E-state index contributed by atoms with van der Waals surface area (Å²) < 4.78 is 9.10. The molecule has 0 N–H and O–H groups in total. The van der Waals surface area contributed by atoms with Crippen LogP contribution < -0.4 is 0 Å². The Hall–Kier alpha value is -1.75. The van der Waals surface area contributed by atoms with Gasteiger partial charge >= 0.3 is 5.97 Å². The molecule has 0 bridgehead atoms. The van der Waals surface area contributed by atoms with E-state index in [1.807, 2.05) is 30.3 Å². The van der Waals surface area contributed by atoms with Crippen LogP contribution in [0.3, 0.4) is 0 Å². The summed E-state index contributed by atoms with van der Waals surface area (Å²) in [5.41, 5.74) is 1.49. The number of aromatic nitrogens is 2. The van der Waals surface area contributed by atoms with Crippen molar-refractivity contribution in [2.75, 3.05) is 6.61 Å². The van der Waals surface area contributed by atoms with Crippen LogP contribution in [0.25, 0.3) is 11.3 Å². The topological polar surface area (TPSA) is 52.1 Å². The first-order chi connectivity index (χ1) is 9.33. The van der Waals surface area contributed by atoms with E-state index in [9.17, 15) is 4.79 Å². The van der Waals surface area contributed by atoms with Crippen LogP contribution in [0, 0.1) is 0 Å². The zero-order valence-electron chi connectivity index (χ0n) is 10.8. The lowest BCUT2D eigenvalue weighted by molar-refractivity contribution is 0.0504. The van der Waals surface area contributed by atoms with Gasteiger partial charge in [-0.05, 0) is 18.0 Å². The number of ether oxygens (including phenoxy) is 1. The van der Waals surface area contributed by atoms with Crippen LogP contribution in [-0.4, -0.2) is 22.2 Å². The molecule has 0 aliphatic carbocycles. The van der Waals surface area contributed by atoms with E-state index in [-0.39, 0.29) is 5.97 Å². The number of hydrogen-bond acceptors (Lipinski definition) is 5. The number of nitrogens with zero attached hydrogens (tertiary/aromatic N) is 2. The smallest absolute Gasteiger partial charge is 0.352 e. The van der Waals surface area contributed by atoms with E-state index in [1.165, 1.54) is 0 Å². The SMILES string of the molecule is CCCCCOC(=O)c1snnc1-c1ccccc1. The van der Waals surface area contributed by atoms with Gasteiger partial charge in [-0.1, -0.05) is 54.6 Å². The molecule has 1 aromatic carbocycles. The highest BCUT2D eigenvalue weighted by Crippen LogP contribution is 2.24. The molecule has 100 valence electrons. The quantitative estimate of drug-likeness (QED) is 0.598. The van der Waals surface area contributed by atoms with Crippen molar-refractivity contribution in [3.8, 4) is 11.3 Å². The Labute approximate surface area is 116 Å². The van der Waals surface area contributed by atoms with Gasteiger partial charge in [0.2, 0.25) is 0 Å². The van der Waals surface area contributed by atoms with E-state index in [1.54, 1.807) is 0 Å². The first-order valence-corrected chi connectivity index (χ1v) is 7.15. The second-order valence-electron chi connectivity index (χ2n) is 4.16. The molecular weight excluding hydrogens is 260 g/mol. The lowest BCUT2D eigenvalue weighted by Crippen LogP contribution is -2.06. The molecular formula is C14H16N2O2S. The van der Waals surface area contributed by atoms with Gasteiger partial charge in [-0.15, -0.1) is 5.10 Å². The maximum atomic E-state index is 12.0. The Balaban J connectivity index is 2.05. The van der Waals surface area contributed by atoms with Crippen LogP contribution in [0.4, 0.5) is 0 Å². The second kappa shape index (κ2) is 6.99. The van der Waals surface area contributed by atoms with Crippen LogP contribution in [0.1, 0.15) is 35.9 Å². The standard InChI is InChI=1S/C14H16N2O2S/c1-2-3-7-10-18-14(17)13-12(15-16-19-13)11-8-5-4-6-9-11/h4-6,8-9H,2-3,7,10H2,1H3. The fourth-order valence-corrected chi connectivity index (χ4v) is 2.27. The third kappa shape index (κ3) is 3.61. The Morgan fingerprint density at radius 2 is 2.05 bits per heavy atom. The molecule has 0 aliphatic heterocycles. The molecule has 5 heteroatoms. The van der Waals surface area contributed by atoms with Crippen molar-refractivity contribution >= 4 is 17.5 Å². The van der Waals surface area contributed by atoms with Crippen molar-refractivity contribution in [2.45, 2.75) is 26.2 Å². The van der Waals surface area contributed by atoms with Gasteiger partial charge < -0.3 is 4.74 Å². The van der Waals surface area contributed by atoms with Crippen LogP contribution in [0.2, 0.25) is 0 Å². The van der Waals surface area contributed by atoms with Crippen molar-refractivity contribution in [1.82, 2.24) is 9.59 Å². The summed E-state index contributed by atoms with van der Waals surface area (Å²) in [6.45, 7) is 2.57. The van der Waals surface area contributed by atoms with Crippen LogP contribution in [-0.2, 0) is 4.74 Å². The van der Waals surface area contributed by atoms with Crippen molar-refractivity contribution in [2.24, 2.45) is 0 Å². The van der Waals surface area contributed by atoms with Crippen molar-refractivity contribution in [1.29, 1.82) is 0 Å². The summed E-state index contributed by atoms with van der Waals surface area (Å²) in [6, 6.07) is 9.55. The van der Waals surface area contributed by atoms with Gasteiger partial charge in [-0.25, -0.2) is 4.79 Å². The Kier molecular flexibility index (Phi) is 5.03. The summed E-state index contributed by atoms with van der Waals surface area (Å²) in [6.07, 6.45) is 3.07. The molecule has 0 unspecified atom stereocenters. The van der Waals surface area contributed by atoms with Crippen molar-refractivity contribution < 1.29 is 9.53 Å². The summed E-state index contributed by atoms with van der Waals surface area (Å²) in [5, 5.41) is 4.02. The van der Waals surface area contributed by atoms with E-state index in [0.717, 1.165) is 36.4 Å². The lowest BCUT2D eigenvalue weighted by Gasteiger charge is -2.03. The fourth-order valence-electron chi connectivity index (χ4n) is 1.69. The Bertz CT molecular complexity index is 525. The van der Waals surface area contributed by atoms with Crippen LogP contribution in [0.5, 0.6) is 0 Å². The number of rotatable bonds is 6. The monoisotopic (exact) mass is 276 g/mol. The van der Waals surface area contributed by atoms with Crippen molar-refractivity contribution in [3.05, 3.63) is 35.2 Å². The normalized spacial score (nSPS) is 10.4. The van der Waals surface area contributed by atoms with Gasteiger partial charge in [0.05, 0.1) is 6.61 Å². The van der Waals surface area contributed by atoms with Crippen LogP contribution in [0.15, 0.2) is 30.3 Å². The number of esters is 1.